The Labute approximate surface area is 113 Å². The van der Waals surface area contributed by atoms with Gasteiger partial charge < -0.3 is 4.74 Å². The number of methoxy groups -OCH3 is 1. The van der Waals surface area contributed by atoms with Crippen molar-refractivity contribution >= 4 is 10.8 Å². The third kappa shape index (κ3) is 2.45. The zero-order valence-corrected chi connectivity index (χ0v) is 10.9. The number of hydrogen-bond acceptors (Lipinski definition) is 1. The van der Waals surface area contributed by atoms with Crippen LogP contribution >= 0.6 is 0 Å². The quantitative estimate of drug-likeness (QED) is 0.672. The van der Waals surface area contributed by atoms with Crippen LogP contribution in [0.4, 0.5) is 0 Å². The van der Waals surface area contributed by atoms with Crippen LogP contribution in [0.3, 0.4) is 0 Å². The van der Waals surface area contributed by atoms with Crippen molar-refractivity contribution in [2.75, 3.05) is 7.11 Å². The summed E-state index contributed by atoms with van der Waals surface area (Å²) in [5, 5.41) is 2.45. The Morgan fingerprint density at radius 2 is 1.79 bits per heavy atom. The summed E-state index contributed by atoms with van der Waals surface area (Å²) in [7, 11) is 1.69. The molecule has 0 unspecified atom stereocenters. The van der Waals surface area contributed by atoms with Crippen LogP contribution < -0.4 is 4.74 Å². The fraction of sp³-hybridized carbons (Fsp3) is 0.111. The predicted molar refractivity (Wildman–Crippen MR) is 78.6 cm³/mol. The van der Waals surface area contributed by atoms with Gasteiger partial charge in [0, 0.05) is 0 Å². The molecule has 19 heavy (non-hydrogen) atoms. The van der Waals surface area contributed by atoms with Gasteiger partial charge in [0.2, 0.25) is 0 Å². The first-order valence-electron chi connectivity index (χ1n) is 6.38. The minimum absolute atomic E-state index is 0.898. The molecule has 0 aliphatic heterocycles. The highest BCUT2D eigenvalue weighted by atomic mass is 16.5. The SMILES string of the molecule is COc1ccc(Cc2cccc3[c]cccc23)cc1. The van der Waals surface area contributed by atoms with Crippen molar-refractivity contribution in [3.05, 3.63) is 77.9 Å². The molecular formula is C18H15O. The molecule has 1 radical (unpaired) electrons. The highest BCUT2D eigenvalue weighted by Crippen LogP contribution is 2.22. The fourth-order valence-electron chi connectivity index (χ4n) is 2.34. The van der Waals surface area contributed by atoms with Crippen LogP contribution in [0.25, 0.3) is 10.8 Å². The van der Waals surface area contributed by atoms with Crippen molar-refractivity contribution in [3.63, 3.8) is 0 Å². The molecule has 0 aliphatic rings. The van der Waals surface area contributed by atoms with Gasteiger partial charge in [0.1, 0.15) is 5.75 Å². The lowest BCUT2D eigenvalue weighted by Crippen LogP contribution is -1.90. The molecule has 0 fully saturated rings. The van der Waals surface area contributed by atoms with Gasteiger partial charge in [-0.1, -0.05) is 48.5 Å². The number of fused-ring (bicyclic) bond motifs is 1. The second-order valence-electron chi connectivity index (χ2n) is 4.57. The van der Waals surface area contributed by atoms with E-state index < -0.39 is 0 Å². The average Bonchev–Trinajstić information content (AvgIpc) is 2.48. The summed E-state index contributed by atoms with van der Waals surface area (Å²) in [4.78, 5) is 0. The van der Waals surface area contributed by atoms with Crippen molar-refractivity contribution in [2.45, 2.75) is 6.42 Å². The highest BCUT2D eigenvalue weighted by molar-refractivity contribution is 5.85. The maximum absolute atomic E-state index is 5.18. The summed E-state index contributed by atoms with van der Waals surface area (Å²) in [6.45, 7) is 0. The molecule has 3 aromatic carbocycles. The normalized spacial score (nSPS) is 10.6. The van der Waals surface area contributed by atoms with Crippen LogP contribution in [0.15, 0.2) is 60.7 Å². The molecule has 0 atom stereocenters. The second-order valence-corrected chi connectivity index (χ2v) is 4.57. The molecule has 0 saturated carbocycles. The van der Waals surface area contributed by atoms with Gasteiger partial charge in [-0.05, 0) is 46.5 Å². The van der Waals surface area contributed by atoms with E-state index in [1.54, 1.807) is 7.11 Å². The zero-order valence-electron chi connectivity index (χ0n) is 10.9. The molecule has 0 aliphatic carbocycles. The minimum atomic E-state index is 0.898. The largest absolute Gasteiger partial charge is 0.497 e. The molecule has 1 heteroatoms. The highest BCUT2D eigenvalue weighted by Gasteiger charge is 2.02. The van der Waals surface area contributed by atoms with Gasteiger partial charge >= 0.3 is 0 Å². The minimum Gasteiger partial charge on any atom is -0.497 e. The van der Waals surface area contributed by atoms with Crippen molar-refractivity contribution in [1.29, 1.82) is 0 Å². The summed E-state index contributed by atoms with van der Waals surface area (Å²) >= 11 is 0. The Hall–Kier alpha value is -2.28. The molecule has 3 rings (SSSR count). The third-order valence-electron chi connectivity index (χ3n) is 3.35. The summed E-state index contributed by atoms with van der Waals surface area (Å²) in [6.07, 6.45) is 0.930. The molecule has 0 spiro atoms. The van der Waals surface area contributed by atoms with Gasteiger partial charge in [-0.15, -0.1) is 0 Å². The van der Waals surface area contributed by atoms with E-state index in [1.807, 2.05) is 24.3 Å². The van der Waals surface area contributed by atoms with E-state index in [-0.39, 0.29) is 0 Å². The second kappa shape index (κ2) is 5.15. The molecule has 93 valence electrons. The Balaban J connectivity index is 1.96. The Bertz CT molecular complexity index is 678. The van der Waals surface area contributed by atoms with Gasteiger partial charge in [-0.2, -0.15) is 0 Å². The smallest absolute Gasteiger partial charge is 0.118 e. The van der Waals surface area contributed by atoms with Crippen molar-refractivity contribution in [1.82, 2.24) is 0 Å². The van der Waals surface area contributed by atoms with E-state index in [4.69, 9.17) is 4.74 Å². The first-order valence-corrected chi connectivity index (χ1v) is 6.38. The summed E-state index contributed by atoms with van der Waals surface area (Å²) < 4.78 is 5.18. The number of hydrogen-bond donors (Lipinski definition) is 0. The van der Waals surface area contributed by atoms with Crippen LogP contribution in [-0.4, -0.2) is 7.11 Å². The number of rotatable bonds is 3. The van der Waals surface area contributed by atoms with Crippen LogP contribution in [-0.2, 0) is 6.42 Å². The fourth-order valence-corrected chi connectivity index (χ4v) is 2.34. The van der Waals surface area contributed by atoms with Crippen molar-refractivity contribution in [2.24, 2.45) is 0 Å². The van der Waals surface area contributed by atoms with Gasteiger partial charge in [-0.25, -0.2) is 0 Å². The van der Waals surface area contributed by atoms with E-state index in [0.717, 1.165) is 12.2 Å². The van der Waals surface area contributed by atoms with E-state index >= 15 is 0 Å². The van der Waals surface area contributed by atoms with Crippen molar-refractivity contribution in [3.8, 4) is 5.75 Å². The van der Waals surface area contributed by atoms with Gasteiger partial charge in [-0.3, -0.25) is 0 Å². The number of ether oxygens (including phenoxy) is 1. The average molecular weight is 247 g/mol. The van der Waals surface area contributed by atoms with Crippen molar-refractivity contribution < 1.29 is 4.74 Å². The summed E-state index contributed by atoms with van der Waals surface area (Å²) in [5.41, 5.74) is 2.62. The molecule has 0 N–H and O–H groups in total. The lowest BCUT2D eigenvalue weighted by Gasteiger charge is -2.07. The first-order chi connectivity index (χ1) is 9.36. The predicted octanol–water partition coefficient (Wildman–Crippen LogP) is 4.24. The Morgan fingerprint density at radius 3 is 2.58 bits per heavy atom. The van der Waals surface area contributed by atoms with Crippen LogP contribution in [0.5, 0.6) is 5.75 Å². The van der Waals surface area contributed by atoms with E-state index in [0.29, 0.717) is 0 Å². The lowest BCUT2D eigenvalue weighted by atomic mass is 9.98. The molecular weight excluding hydrogens is 232 g/mol. The molecule has 3 aromatic rings. The summed E-state index contributed by atoms with van der Waals surface area (Å²) in [5.74, 6) is 0.898. The Morgan fingerprint density at radius 1 is 0.947 bits per heavy atom. The molecule has 0 heterocycles. The van der Waals surface area contributed by atoms with E-state index in [9.17, 15) is 0 Å². The monoisotopic (exact) mass is 247 g/mol. The topological polar surface area (TPSA) is 9.23 Å². The van der Waals surface area contributed by atoms with Gasteiger partial charge in [0.05, 0.1) is 7.11 Å². The zero-order chi connectivity index (χ0) is 13.1. The van der Waals surface area contributed by atoms with E-state index in [2.05, 4.69) is 42.5 Å². The Kier molecular flexibility index (Phi) is 3.20. The maximum Gasteiger partial charge on any atom is 0.118 e. The maximum atomic E-state index is 5.18. The number of benzene rings is 3. The van der Waals surface area contributed by atoms with Crippen LogP contribution in [0.2, 0.25) is 0 Å². The molecule has 0 aromatic heterocycles. The molecule has 0 amide bonds. The lowest BCUT2D eigenvalue weighted by molar-refractivity contribution is 0.414. The van der Waals surface area contributed by atoms with E-state index in [1.165, 1.54) is 21.9 Å². The third-order valence-corrected chi connectivity index (χ3v) is 3.35. The van der Waals surface area contributed by atoms with Gasteiger partial charge in [0.15, 0.2) is 0 Å². The van der Waals surface area contributed by atoms with Gasteiger partial charge in [0.25, 0.3) is 0 Å². The standard InChI is InChI=1S/C18H15O/c1-19-17-11-9-14(10-12-17)13-16-7-4-6-15-5-2-3-8-18(15)16/h2-4,6-12H,13H2,1H3. The van der Waals surface area contributed by atoms with Crippen LogP contribution in [0.1, 0.15) is 11.1 Å². The first kappa shape index (κ1) is 11.8. The molecule has 0 saturated heterocycles. The van der Waals surface area contributed by atoms with Crippen LogP contribution in [0, 0.1) is 6.07 Å². The molecule has 0 bridgehead atoms. The molecule has 1 nitrogen and oxygen atoms in total. The summed E-state index contributed by atoms with van der Waals surface area (Å²) in [6, 6.07) is 24.1.